The third kappa shape index (κ3) is 4.87. The molecule has 0 radical (unpaired) electrons. The monoisotopic (exact) mass is 434 g/mol. The molecule has 0 spiro atoms. The number of carbonyl (C=O) groups is 1. The van der Waals surface area contributed by atoms with Gasteiger partial charge in [-0.25, -0.2) is 0 Å². The van der Waals surface area contributed by atoms with E-state index in [2.05, 4.69) is 33.1 Å². The molecular weight excluding hydrogens is 415 g/mol. The number of hydrogen-bond acceptors (Lipinski definition) is 4. The second-order valence-corrected chi connectivity index (χ2v) is 7.99. The van der Waals surface area contributed by atoms with Crippen LogP contribution in [0.2, 0.25) is 10.0 Å². The van der Waals surface area contributed by atoms with Crippen molar-refractivity contribution in [3.63, 3.8) is 0 Å². The van der Waals surface area contributed by atoms with Crippen LogP contribution in [0.25, 0.3) is 11.4 Å². The van der Waals surface area contributed by atoms with Gasteiger partial charge in [0.25, 0.3) is 0 Å². The minimum Gasteiger partial charge on any atom is -0.324 e. The van der Waals surface area contributed by atoms with Gasteiger partial charge in [0.1, 0.15) is 0 Å². The predicted octanol–water partition coefficient (Wildman–Crippen LogP) is 5.70. The van der Waals surface area contributed by atoms with E-state index in [1.807, 2.05) is 25.1 Å². The van der Waals surface area contributed by atoms with Crippen molar-refractivity contribution in [3.05, 3.63) is 58.1 Å². The molecule has 0 fully saturated rings. The molecule has 1 amide bonds. The summed E-state index contributed by atoms with van der Waals surface area (Å²) in [6.07, 6.45) is 0.939. The summed E-state index contributed by atoms with van der Waals surface area (Å²) in [4.78, 5) is 12.3. The van der Waals surface area contributed by atoms with Crippen LogP contribution in [0.3, 0.4) is 0 Å². The molecule has 146 valence electrons. The summed E-state index contributed by atoms with van der Waals surface area (Å²) in [5.74, 6) is 0.821. The van der Waals surface area contributed by atoms with E-state index in [9.17, 15) is 4.79 Å². The Morgan fingerprint density at radius 3 is 2.71 bits per heavy atom. The number of carbonyl (C=O) groups excluding carboxylic acids is 1. The van der Waals surface area contributed by atoms with Gasteiger partial charge >= 0.3 is 0 Å². The minimum absolute atomic E-state index is 0.183. The average molecular weight is 435 g/mol. The fourth-order valence-corrected chi connectivity index (χ4v) is 3.85. The lowest BCUT2D eigenvalue weighted by Crippen LogP contribution is -2.15. The lowest BCUT2D eigenvalue weighted by Gasteiger charge is -2.10. The molecule has 0 unspecified atom stereocenters. The maximum atomic E-state index is 12.3. The van der Waals surface area contributed by atoms with Gasteiger partial charge in [0, 0.05) is 12.1 Å². The van der Waals surface area contributed by atoms with Crippen LogP contribution in [0.5, 0.6) is 0 Å². The molecule has 0 atom stereocenters. The van der Waals surface area contributed by atoms with Crippen LogP contribution in [0.4, 0.5) is 5.69 Å². The Morgan fingerprint density at radius 1 is 1.18 bits per heavy atom. The summed E-state index contributed by atoms with van der Waals surface area (Å²) >= 11 is 13.5. The molecule has 0 saturated heterocycles. The maximum Gasteiger partial charge on any atom is 0.234 e. The molecule has 3 aromatic rings. The highest BCUT2D eigenvalue weighted by Crippen LogP contribution is 2.30. The number of rotatable bonds is 7. The molecule has 0 aliphatic heterocycles. The first-order valence-corrected chi connectivity index (χ1v) is 10.6. The van der Waals surface area contributed by atoms with E-state index in [0.717, 1.165) is 29.9 Å². The smallest absolute Gasteiger partial charge is 0.234 e. The van der Waals surface area contributed by atoms with E-state index in [4.69, 9.17) is 23.2 Å². The normalized spacial score (nSPS) is 10.9. The number of benzene rings is 2. The summed E-state index contributed by atoms with van der Waals surface area (Å²) in [6, 6.07) is 13.3. The zero-order valence-electron chi connectivity index (χ0n) is 15.6. The quantitative estimate of drug-likeness (QED) is 0.484. The summed E-state index contributed by atoms with van der Waals surface area (Å²) in [5.41, 5.74) is 2.67. The highest BCUT2D eigenvalue weighted by molar-refractivity contribution is 7.99. The number of nitrogens with one attached hydrogen (secondary N) is 1. The molecule has 5 nitrogen and oxygen atoms in total. The maximum absolute atomic E-state index is 12.3. The standard InChI is InChI=1S/C20H20Cl2N4OS/c1-3-10-26-19(14-7-4-6-13(2)11-14)24-25-20(26)28-12-17(27)23-16-9-5-8-15(21)18(16)22/h4-9,11H,3,10,12H2,1-2H3,(H,23,27). The first-order chi connectivity index (χ1) is 13.5. The van der Waals surface area contributed by atoms with Crippen LogP contribution in [0.1, 0.15) is 18.9 Å². The van der Waals surface area contributed by atoms with Crippen LogP contribution in [0.15, 0.2) is 47.6 Å². The third-order valence-corrected chi connectivity index (χ3v) is 5.78. The Kier molecular flexibility index (Phi) is 6.99. The minimum atomic E-state index is -0.183. The van der Waals surface area contributed by atoms with Gasteiger partial charge in [0.15, 0.2) is 11.0 Å². The molecule has 2 aromatic carbocycles. The van der Waals surface area contributed by atoms with E-state index in [0.29, 0.717) is 20.9 Å². The predicted molar refractivity (Wildman–Crippen MR) is 116 cm³/mol. The van der Waals surface area contributed by atoms with Gasteiger partial charge in [-0.15, -0.1) is 10.2 Å². The Bertz CT molecular complexity index is 990. The molecule has 1 aromatic heterocycles. The van der Waals surface area contributed by atoms with Gasteiger partial charge in [-0.1, -0.05) is 71.7 Å². The van der Waals surface area contributed by atoms with E-state index in [-0.39, 0.29) is 11.7 Å². The average Bonchev–Trinajstić information content (AvgIpc) is 3.07. The SMILES string of the molecule is CCCn1c(SCC(=O)Nc2cccc(Cl)c2Cl)nnc1-c1cccc(C)c1. The summed E-state index contributed by atoms with van der Waals surface area (Å²) in [5, 5.41) is 12.9. The number of nitrogens with zero attached hydrogens (tertiary/aromatic N) is 3. The highest BCUT2D eigenvalue weighted by Gasteiger charge is 2.16. The van der Waals surface area contributed by atoms with Gasteiger partial charge in [-0.3, -0.25) is 4.79 Å². The van der Waals surface area contributed by atoms with Gasteiger partial charge in [-0.2, -0.15) is 0 Å². The van der Waals surface area contributed by atoms with E-state index < -0.39 is 0 Å². The third-order valence-electron chi connectivity index (χ3n) is 4.00. The highest BCUT2D eigenvalue weighted by atomic mass is 35.5. The number of hydrogen-bond donors (Lipinski definition) is 1. The van der Waals surface area contributed by atoms with Crippen molar-refractivity contribution in [1.82, 2.24) is 14.8 Å². The topological polar surface area (TPSA) is 59.8 Å². The van der Waals surface area contributed by atoms with Crippen LogP contribution in [-0.2, 0) is 11.3 Å². The zero-order chi connectivity index (χ0) is 20.1. The van der Waals surface area contributed by atoms with Gasteiger partial charge in [0.2, 0.25) is 5.91 Å². The van der Waals surface area contributed by atoms with E-state index >= 15 is 0 Å². The zero-order valence-corrected chi connectivity index (χ0v) is 17.9. The number of aryl methyl sites for hydroxylation is 1. The fourth-order valence-electron chi connectivity index (χ4n) is 2.74. The first kappa shape index (κ1) is 20.7. The van der Waals surface area contributed by atoms with Crippen molar-refractivity contribution in [2.45, 2.75) is 32.0 Å². The molecule has 0 saturated carbocycles. The summed E-state index contributed by atoms with van der Waals surface area (Å²) in [7, 11) is 0. The Balaban J connectivity index is 1.73. The summed E-state index contributed by atoms with van der Waals surface area (Å²) < 4.78 is 2.05. The number of halogens is 2. The number of anilines is 1. The molecule has 0 aliphatic rings. The van der Waals surface area contributed by atoms with E-state index in [1.165, 1.54) is 11.8 Å². The molecule has 0 bridgehead atoms. The molecule has 3 rings (SSSR count). The van der Waals surface area contributed by atoms with Crippen molar-refractivity contribution >= 4 is 46.6 Å². The second kappa shape index (κ2) is 9.45. The van der Waals surface area contributed by atoms with Gasteiger partial charge in [0.05, 0.1) is 21.5 Å². The number of aromatic nitrogens is 3. The van der Waals surface area contributed by atoms with Crippen LogP contribution in [0, 0.1) is 6.92 Å². The first-order valence-electron chi connectivity index (χ1n) is 8.86. The molecule has 1 N–H and O–H groups in total. The van der Waals surface area contributed by atoms with Crippen molar-refractivity contribution < 1.29 is 4.79 Å². The number of amides is 1. The largest absolute Gasteiger partial charge is 0.324 e. The van der Waals surface area contributed by atoms with Crippen LogP contribution >= 0.6 is 35.0 Å². The van der Waals surface area contributed by atoms with Crippen molar-refractivity contribution in [1.29, 1.82) is 0 Å². The molecule has 0 aliphatic carbocycles. The molecular formula is C20H20Cl2N4OS. The van der Waals surface area contributed by atoms with Gasteiger partial charge < -0.3 is 9.88 Å². The number of thioether (sulfide) groups is 1. The van der Waals surface area contributed by atoms with Crippen LogP contribution < -0.4 is 5.32 Å². The molecule has 8 heteroatoms. The van der Waals surface area contributed by atoms with Crippen molar-refractivity contribution in [2.24, 2.45) is 0 Å². The lowest BCUT2D eigenvalue weighted by molar-refractivity contribution is -0.113. The summed E-state index contributed by atoms with van der Waals surface area (Å²) in [6.45, 7) is 4.92. The van der Waals surface area contributed by atoms with Crippen LogP contribution in [-0.4, -0.2) is 26.4 Å². The lowest BCUT2D eigenvalue weighted by atomic mass is 10.1. The van der Waals surface area contributed by atoms with Gasteiger partial charge in [-0.05, 0) is 31.5 Å². The molecule has 28 heavy (non-hydrogen) atoms. The Labute approximate surface area is 178 Å². The van der Waals surface area contributed by atoms with Crippen molar-refractivity contribution in [2.75, 3.05) is 11.1 Å². The Morgan fingerprint density at radius 2 is 1.96 bits per heavy atom. The second-order valence-electron chi connectivity index (χ2n) is 6.27. The van der Waals surface area contributed by atoms with E-state index in [1.54, 1.807) is 18.2 Å². The molecule has 1 heterocycles. The van der Waals surface area contributed by atoms with Crippen molar-refractivity contribution in [3.8, 4) is 11.4 Å². The Hall–Kier alpha value is -2.02. The fraction of sp³-hybridized carbons (Fsp3) is 0.250.